The van der Waals surface area contributed by atoms with Gasteiger partial charge in [0.15, 0.2) is 9.84 Å². The summed E-state index contributed by atoms with van der Waals surface area (Å²) in [6, 6.07) is 16.7. The van der Waals surface area contributed by atoms with Gasteiger partial charge in [-0.05, 0) is 23.6 Å². The fourth-order valence-electron chi connectivity index (χ4n) is 2.37. The molecule has 0 heterocycles. The molecular formula is C18H20O3S. The highest BCUT2D eigenvalue weighted by molar-refractivity contribution is 7.91. The minimum atomic E-state index is -3.51. The number of hydrogen-bond acceptors (Lipinski definition) is 3. The van der Waals surface area contributed by atoms with E-state index in [4.69, 9.17) is 0 Å². The fourth-order valence-corrected chi connectivity index (χ4v) is 4.40. The van der Waals surface area contributed by atoms with Crippen molar-refractivity contribution < 1.29 is 13.2 Å². The van der Waals surface area contributed by atoms with Gasteiger partial charge in [-0.15, -0.1) is 0 Å². The number of sulfone groups is 1. The van der Waals surface area contributed by atoms with E-state index < -0.39 is 15.3 Å². The number of benzene rings is 2. The summed E-state index contributed by atoms with van der Waals surface area (Å²) in [5.74, 6) is -0.185. The molecular weight excluding hydrogens is 296 g/mol. The smallest absolute Gasteiger partial charge is 0.179 e. The van der Waals surface area contributed by atoms with E-state index in [2.05, 4.69) is 0 Å². The molecule has 0 aliphatic rings. The van der Waals surface area contributed by atoms with E-state index >= 15 is 0 Å². The van der Waals surface area contributed by atoms with Crippen LogP contribution in [-0.4, -0.2) is 20.5 Å². The highest BCUT2D eigenvalue weighted by Gasteiger charge is 2.28. The van der Waals surface area contributed by atoms with Crippen molar-refractivity contribution in [1.82, 2.24) is 0 Å². The van der Waals surface area contributed by atoms with Crippen molar-refractivity contribution in [2.75, 3.05) is 5.75 Å². The molecule has 0 radical (unpaired) electrons. The second kappa shape index (κ2) is 6.44. The maximum atomic E-state index is 12.7. The normalized spacial score (nSPS) is 12.1. The summed E-state index contributed by atoms with van der Waals surface area (Å²) in [6.45, 7) is 3.27. The van der Waals surface area contributed by atoms with Crippen LogP contribution in [0.5, 0.6) is 0 Å². The Hall–Kier alpha value is -1.94. The average molecular weight is 316 g/mol. The molecule has 2 aromatic rings. The van der Waals surface area contributed by atoms with Crippen molar-refractivity contribution in [3.8, 4) is 0 Å². The first-order valence-electron chi connectivity index (χ1n) is 7.15. The molecule has 0 atom stereocenters. The molecule has 0 aliphatic carbocycles. The third kappa shape index (κ3) is 4.04. The first kappa shape index (κ1) is 16.4. The second-order valence-corrected chi connectivity index (χ2v) is 8.09. The molecule has 0 unspecified atom stereocenters. The lowest BCUT2D eigenvalue weighted by molar-refractivity contribution is -0.113. The summed E-state index contributed by atoms with van der Waals surface area (Å²) in [5.41, 5.74) is 0.925. The van der Waals surface area contributed by atoms with Gasteiger partial charge in [-0.3, -0.25) is 0 Å². The van der Waals surface area contributed by atoms with Gasteiger partial charge in [0.2, 0.25) is 0 Å². The summed E-state index contributed by atoms with van der Waals surface area (Å²) < 4.78 is 25.3. The highest BCUT2D eigenvalue weighted by atomic mass is 32.2. The van der Waals surface area contributed by atoms with E-state index in [1.165, 1.54) is 0 Å². The van der Waals surface area contributed by atoms with Crippen LogP contribution < -0.4 is 0 Å². The monoisotopic (exact) mass is 316 g/mol. The molecule has 0 amide bonds. The van der Waals surface area contributed by atoms with Crippen LogP contribution in [0.2, 0.25) is 0 Å². The molecule has 2 aromatic carbocycles. The molecule has 0 aliphatic heterocycles. The molecule has 0 N–H and O–H groups in total. The first-order valence-corrected chi connectivity index (χ1v) is 8.80. The van der Waals surface area contributed by atoms with Crippen LogP contribution in [0.25, 0.3) is 0 Å². The van der Waals surface area contributed by atoms with Crippen molar-refractivity contribution in [2.24, 2.45) is 5.41 Å². The highest BCUT2D eigenvalue weighted by Crippen LogP contribution is 2.25. The number of carbonyl (C=O) groups excluding carboxylic acids is 1. The zero-order valence-corrected chi connectivity index (χ0v) is 13.6. The molecule has 0 fully saturated rings. The van der Waals surface area contributed by atoms with E-state index in [1.54, 1.807) is 26.0 Å². The van der Waals surface area contributed by atoms with Crippen molar-refractivity contribution in [1.29, 1.82) is 0 Å². The SMILES string of the molecule is CC(C)(C=O)CS(=O)(=O)c1ccccc1Cc1ccccc1. The Morgan fingerprint density at radius 1 is 0.955 bits per heavy atom. The molecule has 22 heavy (non-hydrogen) atoms. The summed E-state index contributed by atoms with van der Waals surface area (Å²) >= 11 is 0. The lowest BCUT2D eigenvalue weighted by Crippen LogP contribution is -2.26. The molecule has 2 rings (SSSR count). The predicted octanol–water partition coefficient (Wildman–Crippen LogP) is 3.28. The van der Waals surface area contributed by atoms with Crippen molar-refractivity contribution >= 4 is 16.1 Å². The number of hydrogen-bond donors (Lipinski definition) is 0. The minimum absolute atomic E-state index is 0.185. The summed E-state index contributed by atoms with van der Waals surface area (Å²) in [5, 5.41) is 0. The van der Waals surface area contributed by atoms with Gasteiger partial charge in [-0.25, -0.2) is 8.42 Å². The van der Waals surface area contributed by atoms with E-state index in [-0.39, 0.29) is 5.75 Å². The quantitative estimate of drug-likeness (QED) is 0.769. The first-order chi connectivity index (χ1) is 10.3. The maximum absolute atomic E-state index is 12.7. The van der Waals surface area contributed by atoms with Gasteiger partial charge in [0.25, 0.3) is 0 Å². The Kier molecular flexibility index (Phi) is 4.81. The third-order valence-corrected chi connectivity index (χ3v) is 5.62. The van der Waals surface area contributed by atoms with Gasteiger partial charge < -0.3 is 4.79 Å². The van der Waals surface area contributed by atoms with E-state index in [9.17, 15) is 13.2 Å². The van der Waals surface area contributed by atoms with Gasteiger partial charge in [0, 0.05) is 5.41 Å². The number of aldehydes is 1. The summed E-state index contributed by atoms with van der Waals surface area (Å²) in [7, 11) is -3.51. The maximum Gasteiger partial charge on any atom is 0.179 e. The van der Waals surface area contributed by atoms with Crippen molar-refractivity contribution in [2.45, 2.75) is 25.2 Å². The summed E-state index contributed by atoms with van der Waals surface area (Å²) in [6.07, 6.45) is 1.25. The van der Waals surface area contributed by atoms with Gasteiger partial charge in [0.1, 0.15) is 6.29 Å². The molecule has 0 saturated carbocycles. The van der Waals surface area contributed by atoms with E-state index in [1.807, 2.05) is 42.5 Å². The Morgan fingerprint density at radius 3 is 2.18 bits per heavy atom. The van der Waals surface area contributed by atoms with Crippen LogP contribution >= 0.6 is 0 Å². The van der Waals surface area contributed by atoms with Crippen LogP contribution in [0, 0.1) is 5.41 Å². The predicted molar refractivity (Wildman–Crippen MR) is 87.6 cm³/mol. The van der Waals surface area contributed by atoms with Crippen LogP contribution in [0.3, 0.4) is 0 Å². The molecule has 0 bridgehead atoms. The lowest BCUT2D eigenvalue weighted by Gasteiger charge is -2.18. The summed E-state index contributed by atoms with van der Waals surface area (Å²) in [4.78, 5) is 11.4. The fraction of sp³-hybridized carbons (Fsp3) is 0.278. The van der Waals surface area contributed by atoms with E-state index in [0.29, 0.717) is 17.6 Å². The Labute approximate surface area is 131 Å². The topological polar surface area (TPSA) is 51.2 Å². The zero-order chi connectivity index (χ0) is 16.2. The standard InChI is InChI=1S/C18H20O3S/c1-18(2,13-19)14-22(20,21)17-11-7-6-10-16(17)12-15-8-4-3-5-9-15/h3-11,13H,12,14H2,1-2H3. The van der Waals surface area contributed by atoms with Crippen molar-refractivity contribution in [3.05, 3.63) is 65.7 Å². The average Bonchev–Trinajstić information content (AvgIpc) is 2.48. The number of rotatable bonds is 6. The Balaban J connectivity index is 2.38. The van der Waals surface area contributed by atoms with Crippen LogP contribution in [0.1, 0.15) is 25.0 Å². The third-order valence-electron chi connectivity index (χ3n) is 3.43. The molecule has 116 valence electrons. The number of carbonyl (C=O) groups is 1. The largest absolute Gasteiger partial charge is 0.303 e. The Morgan fingerprint density at radius 2 is 1.55 bits per heavy atom. The van der Waals surface area contributed by atoms with Crippen molar-refractivity contribution in [3.63, 3.8) is 0 Å². The minimum Gasteiger partial charge on any atom is -0.303 e. The Bertz CT molecular complexity index is 747. The molecule has 3 nitrogen and oxygen atoms in total. The molecule has 4 heteroatoms. The molecule has 0 spiro atoms. The second-order valence-electron chi connectivity index (χ2n) is 6.14. The molecule has 0 saturated heterocycles. The zero-order valence-electron chi connectivity index (χ0n) is 12.8. The lowest BCUT2D eigenvalue weighted by atomic mass is 10.00. The van der Waals surface area contributed by atoms with Gasteiger partial charge in [-0.2, -0.15) is 0 Å². The van der Waals surface area contributed by atoms with Gasteiger partial charge in [0.05, 0.1) is 10.6 Å². The van der Waals surface area contributed by atoms with E-state index in [0.717, 1.165) is 11.1 Å². The van der Waals surface area contributed by atoms with Crippen LogP contribution in [0.4, 0.5) is 0 Å². The van der Waals surface area contributed by atoms with Crippen LogP contribution in [0.15, 0.2) is 59.5 Å². The van der Waals surface area contributed by atoms with Gasteiger partial charge >= 0.3 is 0 Å². The van der Waals surface area contributed by atoms with Gasteiger partial charge in [-0.1, -0.05) is 62.4 Å². The molecule has 0 aromatic heterocycles. The van der Waals surface area contributed by atoms with Crippen LogP contribution in [-0.2, 0) is 21.1 Å².